The highest BCUT2D eigenvalue weighted by Gasteiger charge is 1.88. The van der Waals surface area contributed by atoms with E-state index in [4.69, 9.17) is 4.74 Å². The number of halogens is 1. The van der Waals surface area contributed by atoms with E-state index < -0.39 is 0 Å². The molecule has 0 atom stereocenters. The summed E-state index contributed by atoms with van der Waals surface area (Å²) in [4.78, 5) is 0. The van der Waals surface area contributed by atoms with Crippen molar-refractivity contribution in [3.05, 3.63) is 0 Å². The van der Waals surface area contributed by atoms with E-state index >= 15 is 0 Å². The zero-order chi connectivity index (χ0) is 9.07. The lowest BCUT2D eigenvalue weighted by atomic mass is 10.3. The molecule has 12 heavy (non-hydrogen) atoms. The van der Waals surface area contributed by atoms with Crippen LogP contribution in [-0.4, -0.2) is 30.7 Å². The van der Waals surface area contributed by atoms with E-state index in [2.05, 4.69) is 34.8 Å². The molecule has 0 radical (unpaired) electrons. The topological polar surface area (TPSA) is 21.3 Å². The van der Waals surface area contributed by atoms with Crippen molar-refractivity contribution in [1.29, 1.82) is 0 Å². The number of nitrogens with one attached hydrogen (secondary N) is 1. The van der Waals surface area contributed by atoms with Gasteiger partial charge in [-0.3, -0.25) is 0 Å². The second-order valence-electron chi connectivity index (χ2n) is 2.76. The molecule has 0 aromatic carbocycles. The zero-order valence-electron chi connectivity index (χ0n) is 7.94. The van der Waals surface area contributed by atoms with Crippen molar-refractivity contribution in [2.24, 2.45) is 0 Å². The molecule has 0 amide bonds. The summed E-state index contributed by atoms with van der Waals surface area (Å²) in [5.41, 5.74) is 0. The third-order valence-corrected chi connectivity index (χ3v) is 2.27. The zero-order valence-corrected chi connectivity index (χ0v) is 10.1. The molecule has 0 aliphatic heterocycles. The molecule has 0 saturated carbocycles. The first-order valence-electron chi connectivity index (χ1n) is 4.76. The SMILES string of the molecule is CCCOCCNCCCCI. The Balaban J connectivity index is 2.73. The van der Waals surface area contributed by atoms with Crippen molar-refractivity contribution < 1.29 is 4.74 Å². The van der Waals surface area contributed by atoms with Gasteiger partial charge in [-0.05, 0) is 30.2 Å². The highest BCUT2D eigenvalue weighted by Crippen LogP contribution is 1.91. The molecule has 0 unspecified atom stereocenters. The lowest BCUT2D eigenvalue weighted by molar-refractivity contribution is 0.136. The van der Waals surface area contributed by atoms with Gasteiger partial charge in [-0.25, -0.2) is 0 Å². The lowest BCUT2D eigenvalue weighted by Gasteiger charge is -2.04. The summed E-state index contributed by atoms with van der Waals surface area (Å²) in [6, 6.07) is 0. The van der Waals surface area contributed by atoms with Crippen LogP contribution in [0.15, 0.2) is 0 Å². The average Bonchev–Trinajstić information content (AvgIpc) is 2.10. The van der Waals surface area contributed by atoms with Crippen LogP contribution in [0.1, 0.15) is 26.2 Å². The standard InChI is InChI=1S/C9H20INO/c1-2-8-12-9-7-11-6-4-3-5-10/h11H,2-9H2,1H3. The largest absolute Gasteiger partial charge is 0.380 e. The first-order valence-corrected chi connectivity index (χ1v) is 6.28. The second kappa shape index (κ2) is 11.6. The van der Waals surface area contributed by atoms with Crippen LogP contribution in [0.25, 0.3) is 0 Å². The van der Waals surface area contributed by atoms with Gasteiger partial charge in [0.1, 0.15) is 0 Å². The maximum atomic E-state index is 5.33. The van der Waals surface area contributed by atoms with E-state index in [1.165, 1.54) is 17.3 Å². The van der Waals surface area contributed by atoms with E-state index in [1.807, 2.05) is 0 Å². The maximum absolute atomic E-state index is 5.33. The molecular weight excluding hydrogens is 265 g/mol. The van der Waals surface area contributed by atoms with Crippen LogP contribution in [-0.2, 0) is 4.74 Å². The van der Waals surface area contributed by atoms with Crippen LogP contribution in [0, 0.1) is 0 Å². The van der Waals surface area contributed by atoms with E-state index in [9.17, 15) is 0 Å². The Morgan fingerprint density at radius 3 is 2.67 bits per heavy atom. The van der Waals surface area contributed by atoms with Gasteiger partial charge >= 0.3 is 0 Å². The number of ether oxygens (including phenoxy) is 1. The Morgan fingerprint density at radius 2 is 2.00 bits per heavy atom. The number of hydrogen-bond donors (Lipinski definition) is 1. The third-order valence-electron chi connectivity index (χ3n) is 1.51. The van der Waals surface area contributed by atoms with Gasteiger partial charge in [0.05, 0.1) is 6.61 Å². The molecule has 2 nitrogen and oxygen atoms in total. The van der Waals surface area contributed by atoms with Crippen LogP contribution in [0.4, 0.5) is 0 Å². The Morgan fingerprint density at radius 1 is 1.17 bits per heavy atom. The van der Waals surface area contributed by atoms with Gasteiger partial charge in [-0.1, -0.05) is 29.5 Å². The van der Waals surface area contributed by atoms with Crippen molar-refractivity contribution in [1.82, 2.24) is 5.32 Å². The lowest BCUT2D eigenvalue weighted by Crippen LogP contribution is -2.21. The molecular formula is C9H20INO. The molecule has 0 aromatic heterocycles. The van der Waals surface area contributed by atoms with Gasteiger partial charge < -0.3 is 10.1 Å². The molecule has 0 aromatic rings. The molecule has 0 spiro atoms. The van der Waals surface area contributed by atoms with E-state index in [0.29, 0.717) is 0 Å². The van der Waals surface area contributed by atoms with Crippen molar-refractivity contribution in [2.45, 2.75) is 26.2 Å². The molecule has 0 bridgehead atoms. The normalized spacial score (nSPS) is 10.5. The highest BCUT2D eigenvalue weighted by atomic mass is 127. The number of rotatable bonds is 9. The first-order chi connectivity index (χ1) is 5.91. The fourth-order valence-electron chi connectivity index (χ4n) is 0.860. The molecule has 74 valence electrons. The van der Waals surface area contributed by atoms with E-state index in [0.717, 1.165) is 32.7 Å². The first kappa shape index (κ1) is 12.7. The fraction of sp³-hybridized carbons (Fsp3) is 1.00. The van der Waals surface area contributed by atoms with E-state index in [-0.39, 0.29) is 0 Å². The van der Waals surface area contributed by atoms with Crippen LogP contribution in [0.5, 0.6) is 0 Å². The summed E-state index contributed by atoms with van der Waals surface area (Å²) in [5, 5.41) is 3.35. The summed E-state index contributed by atoms with van der Waals surface area (Å²) in [7, 11) is 0. The molecule has 3 heteroatoms. The maximum Gasteiger partial charge on any atom is 0.0590 e. The predicted octanol–water partition coefficient (Wildman–Crippen LogP) is 2.22. The minimum Gasteiger partial charge on any atom is -0.380 e. The average molecular weight is 285 g/mol. The minimum absolute atomic E-state index is 0.859. The smallest absolute Gasteiger partial charge is 0.0590 e. The van der Waals surface area contributed by atoms with Crippen molar-refractivity contribution in [3.63, 3.8) is 0 Å². The fourth-order valence-corrected chi connectivity index (χ4v) is 1.40. The summed E-state index contributed by atoms with van der Waals surface area (Å²) < 4.78 is 6.59. The molecule has 1 N–H and O–H groups in total. The number of unbranched alkanes of at least 4 members (excludes halogenated alkanes) is 1. The van der Waals surface area contributed by atoms with Gasteiger partial charge in [0.25, 0.3) is 0 Å². The molecule has 0 fully saturated rings. The van der Waals surface area contributed by atoms with Gasteiger partial charge in [-0.15, -0.1) is 0 Å². The predicted molar refractivity (Wildman–Crippen MR) is 62.1 cm³/mol. The summed E-state index contributed by atoms with van der Waals surface area (Å²) in [6.45, 7) is 6.03. The van der Waals surface area contributed by atoms with Crippen LogP contribution >= 0.6 is 22.6 Å². The summed E-state index contributed by atoms with van der Waals surface area (Å²) in [5.74, 6) is 0. The Hall–Kier alpha value is 0.650. The molecule has 0 saturated heterocycles. The summed E-state index contributed by atoms with van der Waals surface area (Å²) >= 11 is 2.41. The monoisotopic (exact) mass is 285 g/mol. The van der Waals surface area contributed by atoms with Crippen LogP contribution < -0.4 is 5.32 Å². The van der Waals surface area contributed by atoms with Gasteiger partial charge in [0.2, 0.25) is 0 Å². The Kier molecular flexibility index (Phi) is 12.3. The van der Waals surface area contributed by atoms with E-state index in [1.54, 1.807) is 0 Å². The van der Waals surface area contributed by atoms with Gasteiger partial charge in [-0.2, -0.15) is 0 Å². The molecule has 0 aliphatic carbocycles. The molecule has 0 aliphatic rings. The van der Waals surface area contributed by atoms with Crippen molar-refractivity contribution in [3.8, 4) is 0 Å². The number of alkyl halides is 1. The third kappa shape index (κ3) is 10.7. The Bertz CT molecular complexity index is 70.9. The van der Waals surface area contributed by atoms with Gasteiger partial charge in [0.15, 0.2) is 0 Å². The second-order valence-corrected chi connectivity index (χ2v) is 3.84. The minimum atomic E-state index is 0.859. The number of hydrogen-bond acceptors (Lipinski definition) is 2. The van der Waals surface area contributed by atoms with Gasteiger partial charge in [0, 0.05) is 13.2 Å². The summed E-state index contributed by atoms with van der Waals surface area (Å²) in [6.07, 6.45) is 3.73. The molecule has 0 rings (SSSR count). The quantitative estimate of drug-likeness (QED) is 0.398. The van der Waals surface area contributed by atoms with Crippen molar-refractivity contribution >= 4 is 22.6 Å². The highest BCUT2D eigenvalue weighted by molar-refractivity contribution is 14.1. The van der Waals surface area contributed by atoms with Crippen LogP contribution in [0.2, 0.25) is 0 Å². The Labute approximate surface area is 89.6 Å². The van der Waals surface area contributed by atoms with Crippen LogP contribution in [0.3, 0.4) is 0 Å². The van der Waals surface area contributed by atoms with Crippen molar-refractivity contribution in [2.75, 3.05) is 30.7 Å². The molecule has 0 heterocycles.